The molecule has 3 N–H and O–H groups in total. The standard InChI is InChI=1S/C11H20N4O2S/c1-3-12-7-10-11(8(2)14-15-10)18(16,17)13-6-9-4-5-9/h9,12-13H,3-7H2,1-2H3,(H,14,15). The van der Waals surface area contributed by atoms with E-state index in [0.717, 1.165) is 19.4 Å². The predicted octanol–water partition coefficient (Wildman–Crippen LogP) is 0.516. The molecule has 0 saturated heterocycles. The number of nitrogens with one attached hydrogen (secondary N) is 3. The summed E-state index contributed by atoms with van der Waals surface area (Å²) in [5.74, 6) is 0.518. The van der Waals surface area contributed by atoms with E-state index in [0.29, 0.717) is 35.3 Å². The number of H-pyrrole nitrogens is 1. The van der Waals surface area contributed by atoms with E-state index in [1.54, 1.807) is 6.92 Å². The molecule has 0 aromatic carbocycles. The van der Waals surface area contributed by atoms with Crippen LogP contribution in [0.25, 0.3) is 0 Å². The zero-order valence-corrected chi connectivity index (χ0v) is 11.6. The molecule has 0 amide bonds. The Morgan fingerprint density at radius 1 is 1.44 bits per heavy atom. The van der Waals surface area contributed by atoms with E-state index in [9.17, 15) is 8.42 Å². The van der Waals surface area contributed by atoms with Crippen molar-refractivity contribution >= 4 is 10.0 Å². The van der Waals surface area contributed by atoms with Crippen molar-refractivity contribution in [1.82, 2.24) is 20.2 Å². The summed E-state index contributed by atoms with van der Waals surface area (Å²) in [4.78, 5) is 0.295. The van der Waals surface area contributed by atoms with Crippen molar-refractivity contribution in [1.29, 1.82) is 0 Å². The maximum absolute atomic E-state index is 12.2. The highest BCUT2D eigenvalue weighted by Crippen LogP contribution is 2.28. The summed E-state index contributed by atoms with van der Waals surface area (Å²) in [7, 11) is -3.45. The molecule has 2 rings (SSSR count). The molecule has 0 atom stereocenters. The van der Waals surface area contributed by atoms with Gasteiger partial charge in [0.25, 0.3) is 0 Å². The Labute approximate surface area is 108 Å². The average Bonchev–Trinajstić information content (AvgIpc) is 3.07. The van der Waals surface area contributed by atoms with Crippen LogP contribution in [0.3, 0.4) is 0 Å². The number of hydrogen-bond acceptors (Lipinski definition) is 4. The minimum absolute atomic E-state index is 0.295. The number of rotatable bonds is 7. The first kappa shape index (κ1) is 13.5. The van der Waals surface area contributed by atoms with Crippen molar-refractivity contribution in [3.8, 4) is 0 Å². The first-order valence-corrected chi connectivity index (χ1v) is 7.77. The Balaban J connectivity index is 2.15. The molecular weight excluding hydrogens is 252 g/mol. The molecule has 18 heavy (non-hydrogen) atoms. The average molecular weight is 272 g/mol. The van der Waals surface area contributed by atoms with Crippen LogP contribution in [-0.4, -0.2) is 31.7 Å². The summed E-state index contributed by atoms with van der Waals surface area (Å²) in [6, 6.07) is 0. The van der Waals surface area contributed by atoms with E-state index >= 15 is 0 Å². The zero-order valence-electron chi connectivity index (χ0n) is 10.8. The fourth-order valence-corrected chi connectivity index (χ4v) is 3.29. The molecule has 0 unspecified atom stereocenters. The molecule has 7 heteroatoms. The van der Waals surface area contributed by atoms with Crippen LogP contribution >= 0.6 is 0 Å². The number of hydrogen-bond donors (Lipinski definition) is 3. The molecule has 0 aliphatic heterocycles. The van der Waals surface area contributed by atoms with Crippen LogP contribution in [0.5, 0.6) is 0 Å². The molecule has 102 valence electrons. The Morgan fingerprint density at radius 2 is 2.17 bits per heavy atom. The van der Waals surface area contributed by atoms with Gasteiger partial charge in [0.15, 0.2) is 0 Å². The maximum atomic E-state index is 12.2. The summed E-state index contributed by atoms with van der Waals surface area (Å²) < 4.78 is 27.1. The molecule has 6 nitrogen and oxygen atoms in total. The van der Waals surface area contributed by atoms with E-state index in [1.165, 1.54) is 0 Å². The number of aromatic nitrogens is 2. The quantitative estimate of drug-likeness (QED) is 0.675. The molecular formula is C11H20N4O2S. The second-order valence-electron chi connectivity index (χ2n) is 4.70. The summed E-state index contributed by atoms with van der Waals surface area (Å²) in [5, 5.41) is 9.89. The lowest BCUT2D eigenvalue weighted by Gasteiger charge is -2.07. The fourth-order valence-electron chi connectivity index (χ4n) is 1.81. The third-order valence-corrected chi connectivity index (χ3v) is 4.66. The molecule has 1 fully saturated rings. The van der Waals surface area contributed by atoms with Gasteiger partial charge in [-0.15, -0.1) is 0 Å². The molecule has 1 aliphatic rings. The van der Waals surface area contributed by atoms with Crippen molar-refractivity contribution < 1.29 is 8.42 Å². The van der Waals surface area contributed by atoms with Gasteiger partial charge in [0.1, 0.15) is 4.90 Å². The minimum Gasteiger partial charge on any atom is -0.311 e. The second kappa shape index (κ2) is 5.38. The Kier molecular flexibility index (Phi) is 4.04. The first-order valence-electron chi connectivity index (χ1n) is 6.28. The summed E-state index contributed by atoms with van der Waals surface area (Å²) in [6.07, 6.45) is 2.24. The van der Waals surface area contributed by atoms with Crippen LogP contribution in [-0.2, 0) is 16.6 Å². The molecule has 1 heterocycles. The van der Waals surface area contributed by atoms with Gasteiger partial charge in [-0.1, -0.05) is 6.92 Å². The van der Waals surface area contributed by atoms with Crippen LogP contribution in [0, 0.1) is 12.8 Å². The summed E-state index contributed by atoms with van der Waals surface area (Å²) >= 11 is 0. The van der Waals surface area contributed by atoms with Crippen LogP contribution < -0.4 is 10.0 Å². The number of nitrogens with zero attached hydrogens (tertiary/aromatic N) is 1. The van der Waals surface area contributed by atoms with Gasteiger partial charge in [-0.05, 0) is 32.2 Å². The maximum Gasteiger partial charge on any atom is 0.244 e. The topological polar surface area (TPSA) is 86.9 Å². The molecule has 0 bridgehead atoms. The highest BCUT2D eigenvalue weighted by atomic mass is 32.2. The molecule has 1 saturated carbocycles. The van der Waals surface area contributed by atoms with Gasteiger partial charge in [0.2, 0.25) is 10.0 Å². The fraction of sp³-hybridized carbons (Fsp3) is 0.727. The molecule has 0 radical (unpaired) electrons. The smallest absolute Gasteiger partial charge is 0.244 e. The van der Waals surface area contributed by atoms with Crippen LogP contribution in [0.4, 0.5) is 0 Å². The normalized spacial score (nSPS) is 16.1. The van der Waals surface area contributed by atoms with E-state index < -0.39 is 10.0 Å². The number of aromatic amines is 1. The van der Waals surface area contributed by atoms with Crippen LogP contribution in [0.15, 0.2) is 4.90 Å². The van der Waals surface area contributed by atoms with E-state index in [1.807, 2.05) is 6.92 Å². The van der Waals surface area contributed by atoms with E-state index in [4.69, 9.17) is 0 Å². The highest BCUT2D eigenvalue weighted by molar-refractivity contribution is 7.89. The summed E-state index contributed by atoms with van der Waals surface area (Å²) in [5.41, 5.74) is 1.14. The van der Waals surface area contributed by atoms with Crippen LogP contribution in [0.2, 0.25) is 0 Å². The van der Waals surface area contributed by atoms with Gasteiger partial charge in [-0.2, -0.15) is 5.10 Å². The number of aryl methyl sites for hydroxylation is 1. The largest absolute Gasteiger partial charge is 0.311 e. The zero-order chi connectivity index (χ0) is 13.2. The molecule has 0 spiro atoms. The van der Waals surface area contributed by atoms with Crippen molar-refractivity contribution in [3.63, 3.8) is 0 Å². The van der Waals surface area contributed by atoms with Crippen molar-refractivity contribution in [2.45, 2.75) is 38.1 Å². The first-order chi connectivity index (χ1) is 8.54. The van der Waals surface area contributed by atoms with E-state index in [2.05, 4.69) is 20.2 Å². The predicted molar refractivity (Wildman–Crippen MR) is 68.6 cm³/mol. The Bertz CT molecular complexity index is 505. The lowest BCUT2D eigenvalue weighted by atomic mass is 10.3. The minimum atomic E-state index is -3.45. The van der Waals surface area contributed by atoms with Gasteiger partial charge in [0, 0.05) is 13.1 Å². The summed E-state index contributed by atoms with van der Waals surface area (Å²) in [6.45, 7) is 5.47. The van der Waals surface area contributed by atoms with Crippen molar-refractivity contribution in [3.05, 3.63) is 11.4 Å². The molecule has 1 aromatic rings. The van der Waals surface area contributed by atoms with Gasteiger partial charge >= 0.3 is 0 Å². The highest BCUT2D eigenvalue weighted by Gasteiger charge is 2.27. The monoisotopic (exact) mass is 272 g/mol. The SMILES string of the molecule is CCNCc1n[nH]c(C)c1S(=O)(=O)NCC1CC1. The van der Waals surface area contributed by atoms with Crippen molar-refractivity contribution in [2.75, 3.05) is 13.1 Å². The number of sulfonamides is 1. The lowest BCUT2D eigenvalue weighted by Crippen LogP contribution is -2.27. The third kappa shape index (κ3) is 3.09. The molecule has 1 aromatic heterocycles. The van der Waals surface area contributed by atoms with Gasteiger partial charge in [0.05, 0.1) is 11.4 Å². The Morgan fingerprint density at radius 3 is 2.78 bits per heavy atom. The lowest BCUT2D eigenvalue weighted by molar-refractivity contribution is 0.574. The van der Waals surface area contributed by atoms with E-state index in [-0.39, 0.29) is 0 Å². The Hall–Kier alpha value is -0.920. The van der Waals surface area contributed by atoms with Gasteiger partial charge in [-0.3, -0.25) is 5.10 Å². The van der Waals surface area contributed by atoms with Crippen LogP contribution in [0.1, 0.15) is 31.2 Å². The molecule has 1 aliphatic carbocycles. The van der Waals surface area contributed by atoms with Gasteiger partial charge in [-0.25, -0.2) is 13.1 Å². The van der Waals surface area contributed by atoms with Crippen molar-refractivity contribution in [2.24, 2.45) is 5.92 Å². The second-order valence-corrected chi connectivity index (χ2v) is 6.40. The third-order valence-electron chi connectivity index (χ3n) is 3.03. The van der Waals surface area contributed by atoms with Gasteiger partial charge < -0.3 is 5.32 Å².